The molecule has 20 heavy (non-hydrogen) atoms. The van der Waals surface area contributed by atoms with E-state index in [0.29, 0.717) is 5.69 Å². The van der Waals surface area contributed by atoms with Crippen LogP contribution < -0.4 is 5.32 Å². The van der Waals surface area contributed by atoms with Gasteiger partial charge in [0.15, 0.2) is 5.69 Å². The Balaban J connectivity index is 2.09. The van der Waals surface area contributed by atoms with E-state index < -0.39 is 22.6 Å². The van der Waals surface area contributed by atoms with Crippen LogP contribution in [0.3, 0.4) is 0 Å². The number of benzene rings is 1. The molecule has 0 saturated carbocycles. The first-order valence-corrected chi connectivity index (χ1v) is 7.29. The number of hydrogen-bond donors (Lipinski definition) is 1. The molecule has 0 spiro atoms. The molecule has 0 unspecified atom stereocenters. The van der Waals surface area contributed by atoms with E-state index in [-0.39, 0.29) is 11.4 Å². The maximum Gasteiger partial charge on any atom is 0.279 e. The third-order valence-electron chi connectivity index (χ3n) is 2.21. The molecule has 0 aliphatic carbocycles. The summed E-state index contributed by atoms with van der Waals surface area (Å²) in [5.74, 6) is -0.565. The second-order valence-corrected chi connectivity index (χ2v) is 5.49. The van der Waals surface area contributed by atoms with Gasteiger partial charge in [-0.3, -0.25) is 8.98 Å². The van der Waals surface area contributed by atoms with Gasteiger partial charge in [-0.15, -0.1) is 0 Å². The Hall–Kier alpha value is -2.26. The van der Waals surface area contributed by atoms with Crippen molar-refractivity contribution in [3.63, 3.8) is 0 Å². The number of nitrogens with one attached hydrogen (secondary N) is 1. The summed E-state index contributed by atoms with van der Waals surface area (Å²) in [5.41, 5.74) is 0.442. The average molecular weight is 297 g/mol. The summed E-state index contributed by atoms with van der Waals surface area (Å²) in [5, 5.41) is 9.46. The van der Waals surface area contributed by atoms with E-state index >= 15 is 0 Å². The van der Waals surface area contributed by atoms with E-state index in [1.807, 2.05) is 0 Å². The summed E-state index contributed by atoms with van der Waals surface area (Å²) >= 11 is 0. The van der Waals surface area contributed by atoms with E-state index in [4.69, 9.17) is 0 Å². The molecule has 1 aromatic heterocycles. The maximum atomic E-state index is 11.9. The molecule has 8 nitrogen and oxygen atoms in total. The topological polar surface area (TPSA) is 111 Å². The maximum absolute atomic E-state index is 11.9. The van der Waals surface area contributed by atoms with Crippen molar-refractivity contribution in [2.45, 2.75) is 6.61 Å². The Morgan fingerprint density at radius 2 is 2.00 bits per heavy atom. The quantitative estimate of drug-likeness (QED) is 0.812. The van der Waals surface area contributed by atoms with Gasteiger partial charge in [0, 0.05) is 5.69 Å². The SMILES string of the molecule is CS(=O)(=O)OCc1nonc1C(=O)Nc1ccccc1. The van der Waals surface area contributed by atoms with Gasteiger partial charge < -0.3 is 5.32 Å². The summed E-state index contributed by atoms with van der Waals surface area (Å²) in [6, 6.07) is 8.70. The number of hydrogen-bond acceptors (Lipinski definition) is 7. The molecule has 0 bridgehead atoms. The van der Waals surface area contributed by atoms with Crippen molar-refractivity contribution in [1.29, 1.82) is 0 Å². The fourth-order valence-corrected chi connectivity index (χ4v) is 1.67. The van der Waals surface area contributed by atoms with Gasteiger partial charge >= 0.3 is 0 Å². The van der Waals surface area contributed by atoms with Crippen LogP contribution >= 0.6 is 0 Å². The predicted octanol–water partition coefficient (Wildman–Crippen LogP) is 0.798. The minimum absolute atomic E-state index is 0.00357. The Morgan fingerprint density at radius 1 is 1.30 bits per heavy atom. The van der Waals surface area contributed by atoms with Crippen LogP contribution in [0.1, 0.15) is 16.2 Å². The second kappa shape index (κ2) is 5.80. The van der Waals surface area contributed by atoms with E-state index in [1.165, 1.54) is 0 Å². The van der Waals surface area contributed by atoms with E-state index in [9.17, 15) is 13.2 Å². The third kappa shape index (κ3) is 3.87. The average Bonchev–Trinajstić information content (AvgIpc) is 2.85. The van der Waals surface area contributed by atoms with E-state index in [1.54, 1.807) is 30.3 Å². The number of anilines is 1. The number of aromatic nitrogens is 2. The largest absolute Gasteiger partial charge is 0.320 e. The lowest BCUT2D eigenvalue weighted by Gasteiger charge is -2.03. The summed E-state index contributed by atoms with van der Waals surface area (Å²) in [6.07, 6.45) is 0.893. The number of rotatable bonds is 5. The normalized spacial score (nSPS) is 11.2. The first-order chi connectivity index (χ1) is 9.46. The molecule has 0 atom stereocenters. The highest BCUT2D eigenvalue weighted by molar-refractivity contribution is 7.85. The van der Waals surface area contributed by atoms with Crippen LogP contribution in [0.25, 0.3) is 0 Å². The van der Waals surface area contributed by atoms with Gasteiger partial charge in [-0.2, -0.15) is 8.42 Å². The van der Waals surface area contributed by atoms with Crippen molar-refractivity contribution in [1.82, 2.24) is 10.3 Å². The van der Waals surface area contributed by atoms with Crippen LogP contribution in [0.15, 0.2) is 35.0 Å². The summed E-state index contributed by atoms with van der Waals surface area (Å²) in [4.78, 5) is 11.9. The fraction of sp³-hybridized carbons (Fsp3) is 0.182. The second-order valence-electron chi connectivity index (χ2n) is 3.85. The zero-order valence-corrected chi connectivity index (χ0v) is 11.3. The molecule has 0 fully saturated rings. The number of para-hydroxylation sites is 1. The standard InChI is InChI=1S/C11H11N3O5S/c1-20(16,17)18-7-9-10(14-19-13-9)11(15)12-8-5-3-2-4-6-8/h2-6H,7H2,1H3,(H,12,15). The zero-order chi connectivity index (χ0) is 14.6. The molecular formula is C11H11N3O5S. The van der Waals surface area contributed by atoms with Crippen LogP contribution in [0.5, 0.6) is 0 Å². The number of carbonyl (C=O) groups is 1. The van der Waals surface area contributed by atoms with Crippen molar-refractivity contribution in [2.24, 2.45) is 0 Å². The van der Waals surface area contributed by atoms with Crippen molar-refractivity contribution >= 4 is 21.7 Å². The van der Waals surface area contributed by atoms with E-state index in [0.717, 1.165) is 6.26 Å². The highest BCUT2D eigenvalue weighted by atomic mass is 32.2. The smallest absolute Gasteiger partial charge is 0.279 e. The molecule has 0 aliphatic rings. The van der Waals surface area contributed by atoms with Gasteiger partial charge in [0.25, 0.3) is 16.0 Å². The lowest BCUT2D eigenvalue weighted by atomic mass is 10.3. The molecule has 106 valence electrons. The van der Waals surface area contributed by atoms with Gasteiger partial charge in [-0.1, -0.05) is 23.4 Å². The lowest BCUT2D eigenvalue weighted by molar-refractivity contribution is 0.101. The monoisotopic (exact) mass is 297 g/mol. The summed E-state index contributed by atoms with van der Waals surface area (Å²) in [6.45, 7) is -0.417. The third-order valence-corrected chi connectivity index (χ3v) is 2.76. The number of carbonyl (C=O) groups excluding carboxylic acids is 1. The number of amides is 1. The van der Waals surface area contributed by atoms with Gasteiger partial charge in [-0.05, 0) is 17.3 Å². The molecule has 2 aromatic rings. The van der Waals surface area contributed by atoms with Crippen molar-refractivity contribution in [2.75, 3.05) is 11.6 Å². The molecule has 2 rings (SSSR count). The van der Waals surface area contributed by atoms with Crippen LogP contribution in [-0.2, 0) is 20.9 Å². The zero-order valence-electron chi connectivity index (χ0n) is 10.4. The molecule has 9 heteroatoms. The molecule has 1 N–H and O–H groups in total. The Morgan fingerprint density at radius 3 is 2.65 bits per heavy atom. The predicted molar refractivity (Wildman–Crippen MR) is 68.3 cm³/mol. The fourth-order valence-electron chi connectivity index (χ4n) is 1.35. The van der Waals surface area contributed by atoms with Gasteiger partial charge in [0.05, 0.1) is 6.26 Å². The van der Waals surface area contributed by atoms with Crippen LogP contribution in [0.2, 0.25) is 0 Å². The van der Waals surface area contributed by atoms with Gasteiger partial charge in [0.2, 0.25) is 0 Å². The minimum atomic E-state index is -3.64. The first kappa shape index (κ1) is 14.2. The van der Waals surface area contributed by atoms with E-state index in [2.05, 4.69) is 24.4 Å². The van der Waals surface area contributed by atoms with Crippen molar-refractivity contribution in [3.05, 3.63) is 41.7 Å². The van der Waals surface area contributed by atoms with Gasteiger partial charge in [0.1, 0.15) is 12.3 Å². The van der Waals surface area contributed by atoms with Crippen LogP contribution in [-0.4, -0.2) is 30.9 Å². The molecule has 1 amide bonds. The van der Waals surface area contributed by atoms with Crippen molar-refractivity contribution < 1.29 is 22.0 Å². The molecular weight excluding hydrogens is 286 g/mol. The van der Waals surface area contributed by atoms with Crippen LogP contribution in [0.4, 0.5) is 5.69 Å². The van der Waals surface area contributed by atoms with Crippen LogP contribution in [0, 0.1) is 0 Å². The summed E-state index contributed by atoms with van der Waals surface area (Å²) in [7, 11) is -3.64. The lowest BCUT2D eigenvalue weighted by Crippen LogP contribution is -2.15. The van der Waals surface area contributed by atoms with Gasteiger partial charge in [-0.25, -0.2) is 4.63 Å². The first-order valence-electron chi connectivity index (χ1n) is 5.48. The Kier molecular flexibility index (Phi) is 4.11. The molecule has 0 aliphatic heterocycles. The highest BCUT2D eigenvalue weighted by Gasteiger charge is 2.19. The molecule has 1 heterocycles. The molecule has 1 aromatic carbocycles. The molecule has 0 saturated heterocycles. The molecule has 0 radical (unpaired) electrons. The Bertz CT molecular complexity index is 696. The summed E-state index contributed by atoms with van der Waals surface area (Å²) < 4.78 is 30.8. The van der Waals surface area contributed by atoms with Crippen molar-refractivity contribution in [3.8, 4) is 0 Å². The Labute approximate surface area is 114 Å². The minimum Gasteiger partial charge on any atom is -0.320 e. The number of nitrogens with zero attached hydrogens (tertiary/aromatic N) is 2. The highest BCUT2D eigenvalue weighted by Crippen LogP contribution is 2.11.